The van der Waals surface area contributed by atoms with E-state index in [0.717, 1.165) is 5.56 Å². The zero-order valence-electron chi connectivity index (χ0n) is 17.5. The molecule has 2 aromatic heterocycles. The highest BCUT2D eigenvalue weighted by Gasteiger charge is 2.27. The van der Waals surface area contributed by atoms with Crippen LogP contribution >= 0.6 is 11.6 Å². The first-order valence-electron chi connectivity index (χ1n) is 10.1. The molecule has 0 radical (unpaired) electrons. The highest BCUT2D eigenvalue weighted by molar-refractivity contribution is 6.30. The number of nitrogens with zero attached hydrogens (tertiary/aromatic N) is 3. The molecule has 0 aromatic carbocycles. The zero-order valence-corrected chi connectivity index (χ0v) is 18.3. The third-order valence-corrected chi connectivity index (χ3v) is 5.93. The summed E-state index contributed by atoms with van der Waals surface area (Å²) in [6, 6.07) is 5.24. The summed E-state index contributed by atoms with van der Waals surface area (Å²) in [6.45, 7) is 4.53. The quantitative estimate of drug-likeness (QED) is 0.739. The van der Waals surface area contributed by atoms with E-state index in [1.165, 1.54) is 6.20 Å². The number of aromatic nitrogens is 2. The Bertz CT molecular complexity index is 1080. The van der Waals surface area contributed by atoms with E-state index in [9.17, 15) is 19.6 Å². The first kappa shape index (κ1) is 22.5. The molecule has 1 fully saturated rings. The minimum atomic E-state index is -0.401. The smallest absolute Gasteiger partial charge is 0.266 e. The van der Waals surface area contributed by atoms with Crippen LogP contribution in [0.2, 0.25) is 5.02 Å². The summed E-state index contributed by atoms with van der Waals surface area (Å²) in [4.78, 5) is 45.5. The molecule has 8 nitrogen and oxygen atoms in total. The number of hydrogen-bond acceptors (Lipinski definition) is 5. The fraction of sp³-hybridized carbons (Fsp3) is 0.409. The van der Waals surface area contributed by atoms with E-state index >= 15 is 0 Å². The van der Waals surface area contributed by atoms with Gasteiger partial charge in [-0.3, -0.25) is 14.4 Å². The van der Waals surface area contributed by atoms with Crippen LogP contribution in [0.1, 0.15) is 41.6 Å². The molecule has 0 aliphatic carbocycles. The Morgan fingerprint density at radius 3 is 2.65 bits per heavy atom. The average molecular weight is 442 g/mol. The first-order valence-corrected chi connectivity index (χ1v) is 10.5. The topological polar surface area (TPSA) is 119 Å². The van der Waals surface area contributed by atoms with Gasteiger partial charge in [0.25, 0.3) is 5.56 Å². The van der Waals surface area contributed by atoms with Gasteiger partial charge >= 0.3 is 0 Å². The van der Waals surface area contributed by atoms with Crippen molar-refractivity contribution in [2.45, 2.75) is 39.5 Å². The third kappa shape index (κ3) is 5.30. The predicted octanol–water partition coefficient (Wildman–Crippen LogP) is 2.72. The van der Waals surface area contributed by atoms with Crippen molar-refractivity contribution < 1.29 is 9.59 Å². The Labute approximate surface area is 185 Å². The average Bonchev–Trinajstić information content (AvgIpc) is 2.75. The van der Waals surface area contributed by atoms with Crippen LogP contribution in [0, 0.1) is 31.1 Å². The van der Waals surface area contributed by atoms with Gasteiger partial charge in [-0.05, 0) is 56.4 Å². The van der Waals surface area contributed by atoms with Crippen LogP contribution in [0.4, 0.5) is 5.82 Å². The Morgan fingerprint density at radius 1 is 1.32 bits per heavy atom. The lowest BCUT2D eigenvalue weighted by Crippen LogP contribution is -2.41. The van der Waals surface area contributed by atoms with Crippen molar-refractivity contribution in [2.24, 2.45) is 5.92 Å². The maximum atomic E-state index is 12.7. The van der Waals surface area contributed by atoms with Gasteiger partial charge in [0, 0.05) is 37.3 Å². The molecule has 1 aliphatic rings. The van der Waals surface area contributed by atoms with Gasteiger partial charge in [0.05, 0.1) is 5.02 Å². The van der Waals surface area contributed by atoms with Gasteiger partial charge in [0.1, 0.15) is 17.5 Å². The molecule has 2 aromatic rings. The number of carbonyl (C=O) groups excluding carboxylic acids is 2. The van der Waals surface area contributed by atoms with Gasteiger partial charge in [0.2, 0.25) is 11.8 Å². The molecule has 0 unspecified atom stereocenters. The second-order valence-corrected chi connectivity index (χ2v) is 8.11. The van der Waals surface area contributed by atoms with Crippen LogP contribution in [0.3, 0.4) is 0 Å². The van der Waals surface area contributed by atoms with Crippen LogP contribution in [0.25, 0.3) is 0 Å². The summed E-state index contributed by atoms with van der Waals surface area (Å²) in [6.07, 6.45) is 3.37. The van der Waals surface area contributed by atoms with Gasteiger partial charge < -0.3 is 15.2 Å². The van der Waals surface area contributed by atoms with E-state index < -0.39 is 5.56 Å². The van der Waals surface area contributed by atoms with Gasteiger partial charge in [-0.2, -0.15) is 5.26 Å². The highest BCUT2D eigenvalue weighted by Crippen LogP contribution is 2.21. The minimum Gasteiger partial charge on any atom is -0.343 e. The van der Waals surface area contributed by atoms with Crippen LogP contribution in [-0.2, 0) is 16.0 Å². The fourth-order valence-corrected chi connectivity index (χ4v) is 3.99. The SMILES string of the molecule is Cc1[nH]c(=O)c(C#N)c(C)c1CCC(=O)N1CCC(C(=O)Nc2ccc(Cl)cn2)CC1. The predicted molar refractivity (Wildman–Crippen MR) is 117 cm³/mol. The molecule has 1 saturated heterocycles. The number of carbonyl (C=O) groups is 2. The third-order valence-electron chi connectivity index (χ3n) is 5.71. The molecular weight excluding hydrogens is 418 g/mol. The lowest BCUT2D eigenvalue weighted by molar-refractivity contribution is -0.134. The van der Waals surface area contributed by atoms with Gasteiger partial charge in [0.15, 0.2) is 0 Å². The number of pyridine rings is 2. The number of rotatable bonds is 5. The van der Waals surface area contributed by atoms with E-state index in [2.05, 4.69) is 15.3 Å². The van der Waals surface area contributed by atoms with Gasteiger partial charge in [-0.1, -0.05) is 11.6 Å². The van der Waals surface area contributed by atoms with Crippen LogP contribution in [0.5, 0.6) is 0 Å². The Morgan fingerprint density at radius 2 is 2.03 bits per heavy atom. The number of hydrogen-bond donors (Lipinski definition) is 2. The van der Waals surface area contributed by atoms with Crippen LogP contribution in [-0.4, -0.2) is 39.8 Å². The van der Waals surface area contributed by atoms with Gasteiger partial charge in [-0.25, -0.2) is 4.98 Å². The maximum Gasteiger partial charge on any atom is 0.266 e. The normalized spacial score (nSPS) is 14.2. The number of aromatic amines is 1. The number of anilines is 1. The molecule has 3 heterocycles. The van der Waals surface area contributed by atoms with Crippen molar-refractivity contribution >= 4 is 29.2 Å². The second kappa shape index (κ2) is 9.75. The first-order chi connectivity index (χ1) is 14.8. The molecule has 162 valence electrons. The molecule has 0 spiro atoms. The van der Waals surface area contributed by atoms with Crippen molar-refractivity contribution in [1.82, 2.24) is 14.9 Å². The number of aryl methyl sites for hydroxylation is 1. The summed E-state index contributed by atoms with van der Waals surface area (Å²) in [7, 11) is 0. The molecule has 0 saturated carbocycles. The van der Waals surface area contributed by atoms with E-state index in [0.29, 0.717) is 54.4 Å². The Balaban J connectivity index is 1.53. The lowest BCUT2D eigenvalue weighted by Gasteiger charge is -2.31. The summed E-state index contributed by atoms with van der Waals surface area (Å²) < 4.78 is 0. The number of likely N-dealkylation sites (tertiary alicyclic amines) is 1. The lowest BCUT2D eigenvalue weighted by atomic mass is 9.95. The van der Waals surface area contributed by atoms with Crippen molar-refractivity contribution in [3.05, 3.63) is 56.1 Å². The molecule has 3 rings (SSSR count). The largest absolute Gasteiger partial charge is 0.343 e. The molecule has 31 heavy (non-hydrogen) atoms. The highest BCUT2D eigenvalue weighted by atomic mass is 35.5. The van der Waals surface area contributed by atoms with E-state index in [1.807, 2.05) is 6.07 Å². The molecule has 0 bridgehead atoms. The number of H-pyrrole nitrogens is 1. The fourth-order valence-electron chi connectivity index (χ4n) is 3.88. The Kier molecular flexibility index (Phi) is 7.08. The zero-order chi connectivity index (χ0) is 22.5. The maximum absolute atomic E-state index is 12.7. The number of amides is 2. The van der Waals surface area contributed by atoms with E-state index in [-0.39, 0.29) is 29.7 Å². The molecule has 9 heteroatoms. The van der Waals surface area contributed by atoms with Crippen LogP contribution < -0.4 is 10.9 Å². The molecular formula is C22H24ClN5O3. The standard InChI is InChI=1S/C22H24ClN5O3/c1-13-17(14(2)26-22(31)18(13)11-24)4-6-20(29)28-9-7-15(8-10-28)21(30)27-19-5-3-16(23)12-25-19/h3,5,12,15H,4,6-10H2,1-2H3,(H,26,31)(H,25,27,30). The van der Waals surface area contributed by atoms with Gasteiger partial charge in [-0.15, -0.1) is 0 Å². The second-order valence-electron chi connectivity index (χ2n) is 7.68. The van der Waals surface area contributed by atoms with Crippen molar-refractivity contribution in [2.75, 3.05) is 18.4 Å². The number of nitriles is 1. The van der Waals surface area contributed by atoms with Crippen LogP contribution in [0.15, 0.2) is 23.1 Å². The monoisotopic (exact) mass is 441 g/mol. The van der Waals surface area contributed by atoms with Crippen molar-refractivity contribution in [3.63, 3.8) is 0 Å². The number of piperidine rings is 1. The summed E-state index contributed by atoms with van der Waals surface area (Å²) in [5.74, 6) is 0.173. The number of nitrogens with one attached hydrogen (secondary N) is 2. The minimum absolute atomic E-state index is 0.00161. The van der Waals surface area contributed by atoms with Crippen molar-refractivity contribution in [3.8, 4) is 6.07 Å². The Hall–Kier alpha value is -3.18. The molecule has 2 N–H and O–H groups in total. The molecule has 1 aliphatic heterocycles. The van der Waals surface area contributed by atoms with E-state index in [1.54, 1.807) is 30.9 Å². The summed E-state index contributed by atoms with van der Waals surface area (Å²) in [5.41, 5.74) is 1.83. The molecule has 0 atom stereocenters. The summed E-state index contributed by atoms with van der Waals surface area (Å²) in [5, 5.41) is 12.5. The molecule has 2 amide bonds. The van der Waals surface area contributed by atoms with E-state index in [4.69, 9.17) is 11.6 Å². The summed E-state index contributed by atoms with van der Waals surface area (Å²) >= 11 is 5.80. The number of halogens is 1. The van der Waals surface area contributed by atoms with Crippen molar-refractivity contribution in [1.29, 1.82) is 5.26 Å².